The lowest BCUT2D eigenvalue weighted by molar-refractivity contribution is -0.150. The molecular weight excluding hydrogens is 625 g/mol. The lowest BCUT2D eigenvalue weighted by Gasteiger charge is -2.31. The van der Waals surface area contributed by atoms with Gasteiger partial charge in [-0.3, -0.25) is 4.79 Å². The molecule has 1 saturated heterocycles. The van der Waals surface area contributed by atoms with Gasteiger partial charge in [0.2, 0.25) is 10.0 Å². The lowest BCUT2D eigenvalue weighted by atomic mass is 9.93. The summed E-state index contributed by atoms with van der Waals surface area (Å²) in [7, 11) is -3.91. The molecule has 1 aliphatic carbocycles. The van der Waals surface area contributed by atoms with Gasteiger partial charge in [0.05, 0.1) is 15.9 Å². The van der Waals surface area contributed by atoms with E-state index < -0.39 is 10.0 Å². The third-order valence-corrected chi connectivity index (χ3v) is 10.4. The molecule has 0 amide bonds. The van der Waals surface area contributed by atoms with Gasteiger partial charge in [0.25, 0.3) is 0 Å². The first kappa shape index (κ1) is 31.3. The second-order valence-corrected chi connectivity index (χ2v) is 13.5. The van der Waals surface area contributed by atoms with Crippen molar-refractivity contribution in [1.29, 1.82) is 0 Å². The maximum atomic E-state index is 14.3. The normalized spacial score (nSPS) is 14.7. The number of fused-ring (bicyclic) bond motifs is 2. The van der Waals surface area contributed by atoms with Crippen molar-refractivity contribution >= 4 is 44.2 Å². The quantitative estimate of drug-likeness (QED) is 0.132. The zero-order valence-electron chi connectivity index (χ0n) is 26.4. The summed E-state index contributed by atoms with van der Waals surface area (Å²) >= 11 is 0. The third kappa shape index (κ3) is 6.45. The smallest absolute Gasteiger partial charge is 0.305 e. The average Bonchev–Trinajstić information content (AvgIpc) is 3.11. The van der Waals surface area contributed by atoms with Crippen LogP contribution in [0, 0.1) is 0 Å². The molecule has 48 heavy (non-hydrogen) atoms. The predicted molar refractivity (Wildman–Crippen MR) is 186 cm³/mol. The van der Waals surface area contributed by atoms with Gasteiger partial charge in [-0.1, -0.05) is 49.4 Å². The van der Waals surface area contributed by atoms with Crippen molar-refractivity contribution in [3.05, 3.63) is 121 Å². The maximum Gasteiger partial charge on any atom is 0.305 e. The van der Waals surface area contributed by atoms with Gasteiger partial charge in [-0.15, -0.1) is 0 Å². The highest BCUT2D eigenvalue weighted by molar-refractivity contribution is 7.89. The number of aromatic nitrogens is 1. The van der Waals surface area contributed by atoms with Crippen molar-refractivity contribution in [2.24, 2.45) is 4.99 Å². The Morgan fingerprint density at radius 2 is 1.69 bits per heavy atom. The molecule has 3 aromatic carbocycles. The third-order valence-electron chi connectivity index (χ3n) is 8.42. The summed E-state index contributed by atoms with van der Waals surface area (Å²) in [5, 5.41) is 4.79. The number of para-hydroxylation sites is 1. The first-order valence-electron chi connectivity index (χ1n) is 16.0. The largest absolute Gasteiger partial charge is 0.462 e. The number of benzene rings is 4. The van der Waals surface area contributed by atoms with E-state index in [2.05, 4.69) is 10.3 Å². The molecule has 3 heterocycles. The molecule has 0 saturated carbocycles. The number of esters is 1. The number of nitrogens with one attached hydrogen (secondary N) is 1. The molecule has 0 atom stereocenters. The number of sulfonamides is 1. The minimum atomic E-state index is -3.91. The molecule has 1 fully saturated rings. The Morgan fingerprint density at radius 1 is 0.917 bits per heavy atom. The highest BCUT2D eigenvalue weighted by Crippen LogP contribution is 2.43. The van der Waals surface area contributed by atoms with E-state index in [4.69, 9.17) is 14.1 Å². The van der Waals surface area contributed by atoms with Crippen LogP contribution in [0.15, 0.2) is 130 Å². The fourth-order valence-corrected chi connectivity index (χ4v) is 7.72. The number of anilines is 2. The van der Waals surface area contributed by atoms with Crippen LogP contribution in [0.25, 0.3) is 33.4 Å². The van der Waals surface area contributed by atoms with Crippen LogP contribution in [0.2, 0.25) is 0 Å². The molecular formula is C38H34N4O5S. The summed E-state index contributed by atoms with van der Waals surface area (Å²) in [5.41, 5.74) is 4.22. The first-order chi connectivity index (χ1) is 23.4. The number of carbonyl (C=O) groups is 1. The summed E-state index contributed by atoms with van der Waals surface area (Å²) in [6.07, 6.45) is 2.62. The van der Waals surface area contributed by atoms with Gasteiger partial charge in [0.15, 0.2) is 0 Å². The van der Waals surface area contributed by atoms with Crippen LogP contribution >= 0.6 is 0 Å². The van der Waals surface area contributed by atoms with E-state index in [-0.39, 0.29) is 30.1 Å². The van der Waals surface area contributed by atoms with Gasteiger partial charge in [-0.25, -0.2) is 18.4 Å². The molecule has 0 radical (unpaired) electrons. The van der Waals surface area contributed by atoms with Crippen LogP contribution < -0.4 is 10.7 Å². The van der Waals surface area contributed by atoms with E-state index >= 15 is 0 Å². The molecule has 242 valence electrons. The van der Waals surface area contributed by atoms with Crippen molar-refractivity contribution in [2.45, 2.75) is 37.2 Å². The molecule has 9 nitrogen and oxygen atoms in total. The molecule has 2 aliphatic heterocycles. The van der Waals surface area contributed by atoms with Crippen molar-refractivity contribution in [3.63, 3.8) is 0 Å². The second kappa shape index (κ2) is 13.4. The van der Waals surface area contributed by atoms with Gasteiger partial charge in [0.1, 0.15) is 23.3 Å². The minimum Gasteiger partial charge on any atom is -0.462 e. The highest BCUT2D eigenvalue weighted by Gasteiger charge is 2.33. The lowest BCUT2D eigenvalue weighted by Crippen LogP contribution is -2.41. The van der Waals surface area contributed by atoms with Crippen LogP contribution in [0.5, 0.6) is 0 Å². The summed E-state index contributed by atoms with van der Waals surface area (Å²) in [6, 6.07) is 33.9. The number of hydrogen-bond acceptors (Lipinski definition) is 8. The van der Waals surface area contributed by atoms with Crippen molar-refractivity contribution < 1.29 is 22.4 Å². The van der Waals surface area contributed by atoms with Crippen LogP contribution in [-0.4, -0.2) is 42.9 Å². The van der Waals surface area contributed by atoms with Crippen molar-refractivity contribution in [2.75, 3.05) is 18.4 Å². The standard InChI is InChI=1S/C38H34N4O5S/c1-2-37(43)46-29-19-22-42(23-20-29)48(44,45)35-13-7-6-12-32(35)38-30-17-15-27(40-26-10-4-3-5-11-26)24-33(30)47-34-25-28(16-18-31(34)38)41-36-14-8-9-21-39-36/h3-18,21,24-25,29H,2,19-20,22-23H2,1H3,(H,39,41)/b40-27+. The number of ether oxygens (including phenoxy) is 1. The van der Waals surface area contributed by atoms with Crippen LogP contribution in [0.4, 0.5) is 17.2 Å². The Labute approximate surface area is 278 Å². The Morgan fingerprint density at radius 3 is 2.46 bits per heavy atom. The summed E-state index contributed by atoms with van der Waals surface area (Å²) in [6.45, 7) is 2.27. The second-order valence-electron chi connectivity index (χ2n) is 11.6. The molecule has 0 spiro atoms. The highest BCUT2D eigenvalue weighted by atomic mass is 32.2. The molecule has 7 rings (SSSR count). The maximum absolute atomic E-state index is 14.3. The zero-order valence-corrected chi connectivity index (χ0v) is 27.2. The SMILES string of the molecule is CCC(=O)OC1CCN(S(=O)(=O)c2ccccc2-c2c3cc/c(=N\c4ccccc4)cc-3oc3cc(Nc4ccccn4)ccc23)CC1. The zero-order chi connectivity index (χ0) is 33.1. The molecule has 10 heteroatoms. The van der Waals surface area contributed by atoms with E-state index in [1.165, 1.54) is 4.31 Å². The van der Waals surface area contributed by atoms with Gasteiger partial charge < -0.3 is 14.5 Å². The fourth-order valence-electron chi connectivity index (χ4n) is 6.05. The molecule has 1 N–H and O–H groups in total. The Bertz CT molecular complexity index is 2230. The number of rotatable bonds is 8. The molecule has 4 aromatic rings. The summed E-state index contributed by atoms with van der Waals surface area (Å²) < 4.78 is 42.2. The molecule has 0 unspecified atom stereocenters. The molecule has 1 aromatic heterocycles. The van der Waals surface area contributed by atoms with Crippen molar-refractivity contribution in [1.82, 2.24) is 9.29 Å². The van der Waals surface area contributed by atoms with Gasteiger partial charge in [0, 0.05) is 65.6 Å². The van der Waals surface area contributed by atoms with Gasteiger partial charge in [-0.2, -0.15) is 4.31 Å². The monoisotopic (exact) mass is 658 g/mol. The Balaban J connectivity index is 1.36. The number of piperidine rings is 1. The number of carbonyl (C=O) groups excluding carboxylic acids is 1. The number of nitrogens with zero attached hydrogens (tertiary/aromatic N) is 3. The Kier molecular flexibility index (Phi) is 8.75. The topological polar surface area (TPSA) is 114 Å². The van der Waals surface area contributed by atoms with Crippen LogP contribution in [0.1, 0.15) is 26.2 Å². The van der Waals surface area contributed by atoms with E-state index in [0.717, 1.165) is 27.9 Å². The average molecular weight is 659 g/mol. The van der Waals surface area contributed by atoms with Crippen molar-refractivity contribution in [3.8, 4) is 22.5 Å². The Hall–Kier alpha value is -5.32. The summed E-state index contributed by atoms with van der Waals surface area (Å²) in [4.78, 5) is 21.2. The number of hydrogen-bond donors (Lipinski definition) is 1. The van der Waals surface area contributed by atoms with E-state index in [0.29, 0.717) is 47.3 Å². The minimum absolute atomic E-state index is 0.205. The van der Waals surface area contributed by atoms with Gasteiger partial charge in [-0.05, 0) is 67.4 Å². The van der Waals surface area contributed by atoms with Crippen LogP contribution in [-0.2, 0) is 19.6 Å². The number of pyridine rings is 1. The predicted octanol–water partition coefficient (Wildman–Crippen LogP) is 7.68. The van der Waals surface area contributed by atoms with E-state index in [9.17, 15) is 13.2 Å². The fraction of sp³-hybridized carbons (Fsp3) is 0.184. The van der Waals surface area contributed by atoms with Gasteiger partial charge >= 0.3 is 5.97 Å². The van der Waals surface area contributed by atoms with E-state index in [1.54, 1.807) is 25.3 Å². The van der Waals surface area contributed by atoms with E-state index in [1.807, 2.05) is 97.1 Å². The summed E-state index contributed by atoms with van der Waals surface area (Å²) in [5.74, 6) is 0.981. The first-order valence-corrected chi connectivity index (χ1v) is 17.4. The van der Waals surface area contributed by atoms with Crippen LogP contribution in [0.3, 0.4) is 0 Å². The molecule has 3 aliphatic rings. The molecule has 0 bridgehead atoms.